The van der Waals surface area contributed by atoms with E-state index in [0.29, 0.717) is 6.54 Å². The molecular weight excluding hydrogens is 278 g/mol. The molecule has 0 amide bonds. The summed E-state index contributed by atoms with van der Waals surface area (Å²) >= 11 is 0. The quantitative estimate of drug-likeness (QED) is 0.732. The minimum absolute atomic E-state index is 0.695. The highest BCUT2D eigenvalue weighted by Gasteiger charge is 2.15. The molecule has 0 saturated heterocycles. The molecule has 0 N–H and O–H groups in total. The number of hydrogen-bond acceptors (Lipinski definition) is 5. The van der Waals surface area contributed by atoms with Crippen LogP contribution in [0.3, 0.4) is 0 Å². The number of imidazole rings is 1. The number of aryl methyl sites for hydroxylation is 2. The molecule has 0 aromatic carbocycles. The molecule has 0 fully saturated rings. The zero-order valence-corrected chi connectivity index (χ0v) is 12.9. The summed E-state index contributed by atoms with van der Waals surface area (Å²) in [6.45, 7) is 1.73. The van der Waals surface area contributed by atoms with Crippen molar-refractivity contribution in [3.8, 4) is 0 Å². The van der Waals surface area contributed by atoms with Crippen molar-refractivity contribution < 1.29 is 0 Å². The normalized spacial score (nSPS) is 14.3. The van der Waals surface area contributed by atoms with Crippen molar-refractivity contribution in [2.45, 2.75) is 32.4 Å². The monoisotopic (exact) mass is 297 g/mol. The Kier molecular flexibility index (Phi) is 3.06. The van der Waals surface area contributed by atoms with E-state index in [1.54, 1.807) is 6.33 Å². The summed E-state index contributed by atoms with van der Waals surface area (Å²) in [4.78, 5) is 15.1. The molecule has 1 aliphatic heterocycles. The number of rotatable bonds is 3. The molecule has 0 radical (unpaired) electrons. The number of anilines is 1. The lowest BCUT2D eigenvalue weighted by molar-refractivity contribution is 0.482. The average Bonchev–Trinajstić information content (AvgIpc) is 3.11. The van der Waals surface area contributed by atoms with Gasteiger partial charge in [0.2, 0.25) is 0 Å². The van der Waals surface area contributed by atoms with E-state index in [4.69, 9.17) is 5.10 Å². The second kappa shape index (κ2) is 5.08. The van der Waals surface area contributed by atoms with E-state index in [0.717, 1.165) is 35.6 Å². The van der Waals surface area contributed by atoms with Crippen molar-refractivity contribution in [3.63, 3.8) is 0 Å². The number of aromatic nitrogens is 6. The Morgan fingerprint density at radius 3 is 2.91 bits per heavy atom. The van der Waals surface area contributed by atoms with Crippen molar-refractivity contribution in [1.29, 1.82) is 0 Å². The lowest BCUT2D eigenvalue weighted by Gasteiger charge is -2.11. The van der Waals surface area contributed by atoms with E-state index in [1.807, 2.05) is 29.9 Å². The highest BCUT2D eigenvalue weighted by atomic mass is 15.3. The number of nitrogens with zero attached hydrogens (tertiary/aromatic N) is 7. The minimum Gasteiger partial charge on any atom is -0.361 e. The molecule has 114 valence electrons. The van der Waals surface area contributed by atoms with Crippen molar-refractivity contribution >= 4 is 17.0 Å². The van der Waals surface area contributed by atoms with Gasteiger partial charge in [0, 0.05) is 26.3 Å². The van der Waals surface area contributed by atoms with E-state index in [1.165, 1.54) is 18.5 Å². The van der Waals surface area contributed by atoms with Gasteiger partial charge in [-0.15, -0.1) is 0 Å². The van der Waals surface area contributed by atoms with Crippen LogP contribution in [0.15, 0.2) is 18.7 Å². The first-order chi connectivity index (χ1) is 10.7. The summed E-state index contributed by atoms with van der Waals surface area (Å²) in [7, 11) is 3.93. The van der Waals surface area contributed by atoms with Gasteiger partial charge in [-0.2, -0.15) is 5.10 Å². The molecule has 3 aromatic rings. The van der Waals surface area contributed by atoms with Gasteiger partial charge >= 0.3 is 0 Å². The molecule has 7 heteroatoms. The fourth-order valence-corrected chi connectivity index (χ4v) is 3.04. The maximum Gasteiger partial charge on any atom is 0.165 e. The van der Waals surface area contributed by atoms with Crippen molar-refractivity contribution in [3.05, 3.63) is 30.1 Å². The lowest BCUT2D eigenvalue weighted by Crippen LogP contribution is -2.12. The smallest absolute Gasteiger partial charge is 0.165 e. The molecule has 0 spiro atoms. The summed E-state index contributed by atoms with van der Waals surface area (Å²) in [5, 5.41) is 4.70. The maximum atomic E-state index is 4.70. The summed E-state index contributed by atoms with van der Waals surface area (Å²) in [5.41, 5.74) is 4.09. The third-order valence-electron chi connectivity index (χ3n) is 4.10. The molecule has 0 unspecified atom stereocenters. The van der Waals surface area contributed by atoms with Crippen LogP contribution in [0.4, 0.5) is 5.82 Å². The summed E-state index contributed by atoms with van der Waals surface area (Å²) in [5.74, 6) is 0.841. The molecule has 0 saturated carbocycles. The standard InChI is InChI=1S/C15H19N7/c1-20(2)14-13-15(17-9-16-14)21(10-18-13)8-11-7-12-5-3-4-6-22(12)19-11/h7,9-10H,3-6,8H2,1-2H3. The van der Waals surface area contributed by atoms with E-state index in [9.17, 15) is 0 Å². The molecule has 7 nitrogen and oxygen atoms in total. The summed E-state index contributed by atoms with van der Waals surface area (Å²) in [6, 6.07) is 2.21. The van der Waals surface area contributed by atoms with Gasteiger partial charge in [0.15, 0.2) is 17.0 Å². The highest BCUT2D eigenvalue weighted by molar-refractivity contribution is 5.83. The molecular formula is C15H19N7. The maximum absolute atomic E-state index is 4.70. The van der Waals surface area contributed by atoms with Crippen LogP contribution in [0.5, 0.6) is 0 Å². The first-order valence-corrected chi connectivity index (χ1v) is 7.61. The molecule has 3 aromatic heterocycles. The lowest BCUT2D eigenvalue weighted by atomic mass is 10.1. The van der Waals surface area contributed by atoms with Crippen molar-refractivity contribution in [2.75, 3.05) is 19.0 Å². The van der Waals surface area contributed by atoms with E-state index < -0.39 is 0 Å². The van der Waals surface area contributed by atoms with Crippen molar-refractivity contribution in [2.24, 2.45) is 0 Å². The van der Waals surface area contributed by atoms with Gasteiger partial charge < -0.3 is 9.47 Å². The van der Waals surface area contributed by atoms with Crippen LogP contribution in [0.2, 0.25) is 0 Å². The van der Waals surface area contributed by atoms with E-state index >= 15 is 0 Å². The van der Waals surface area contributed by atoms with Gasteiger partial charge in [0.05, 0.1) is 18.6 Å². The first kappa shape index (κ1) is 13.2. The second-order valence-corrected chi connectivity index (χ2v) is 5.94. The molecule has 0 aliphatic carbocycles. The molecule has 4 heterocycles. The van der Waals surface area contributed by atoms with Crippen LogP contribution >= 0.6 is 0 Å². The third-order valence-corrected chi connectivity index (χ3v) is 4.10. The fourth-order valence-electron chi connectivity index (χ4n) is 3.04. The van der Waals surface area contributed by atoms with Crippen LogP contribution in [-0.2, 0) is 19.5 Å². The molecule has 1 aliphatic rings. The Bertz CT molecular complexity index is 791. The summed E-state index contributed by atoms with van der Waals surface area (Å²) < 4.78 is 4.18. The van der Waals surface area contributed by atoms with Gasteiger partial charge in [-0.1, -0.05) is 0 Å². The number of fused-ring (bicyclic) bond motifs is 2. The fraction of sp³-hybridized carbons (Fsp3) is 0.467. The van der Waals surface area contributed by atoms with Gasteiger partial charge in [0.1, 0.15) is 6.33 Å². The summed E-state index contributed by atoms with van der Waals surface area (Å²) in [6.07, 6.45) is 7.03. The SMILES string of the molecule is CN(C)c1ncnc2c1ncn2Cc1cc2n(n1)CCCC2. The third kappa shape index (κ3) is 2.13. The molecule has 0 bridgehead atoms. The zero-order chi connectivity index (χ0) is 15.1. The second-order valence-electron chi connectivity index (χ2n) is 5.94. The predicted molar refractivity (Wildman–Crippen MR) is 83.9 cm³/mol. The average molecular weight is 297 g/mol. The van der Waals surface area contributed by atoms with Gasteiger partial charge in [-0.25, -0.2) is 15.0 Å². The minimum atomic E-state index is 0.695. The van der Waals surface area contributed by atoms with Crippen LogP contribution in [0.25, 0.3) is 11.2 Å². The Hall–Kier alpha value is -2.44. The number of hydrogen-bond donors (Lipinski definition) is 0. The molecule has 4 rings (SSSR count). The molecule has 0 atom stereocenters. The molecule has 22 heavy (non-hydrogen) atoms. The van der Waals surface area contributed by atoms with Crippen LogP contribution in [0.1, 0.15) is 24.2 Å². The predicted octanol–water partition coefficient (Wildman–Crippen LogP) is 1.47. The Morgan fingerprint density at radius 2 is 2.09 bits per heavy atom. The van der Waals surface area contributed by atoms with Crippen LogP contribution in [-0.4, -0.2) is 43.4 Å². The van der Waals surface area contributed by atoms with Gasteiger partial charge in [-0.3, -0.25) is 4.68 Å². The Balaban J connectivity index is 1.70. The first-order valence-electron chi connectivity index (χ1n) is 7.61. The van der Waals surface area contributed by atoms with E-state index in [2.05, 4.69) is 25.7 Å². The van der Waals surface area contributed by atoms with Gasteiger partial charge in [0.25, 0.3) is 0 Å². The van der Waals surface area contributed by atoms with Gasteiger partial charge in [-0.05, 0) is 25.3 Å². The Labute approximate surface area is 128 Å². The van der Waals surface area contributed by atoms with Crippen LogP contribution < -0.4 is 4.90 Å². The topological polar surface area (TPSA) is 64.7 Å². The largest absolute Gasteiger partial charge is 0.361 e. The van der Waals surface area contributed by atoms with Crippen LogP contribution in [0, 0.1) is 0 Å². The zero-order valence-electron chi connectivity index (χ0n) is 12.9. The van der Waals surface area contributed by atoms with E-state index in [-0.39, 0.29) is 0 Å². The highest BCUT2D eigenvalue weighted by Crippen LogP contribution is 2.21. The van der Waals surface area contributed by atoms with Crippen molar-refractivity contribution in [1.82, 2.24) is 29.3 Å². The Morgan fingerprint density at radius 1 is 1.18 bits per heavy atom.